The van der Waals surface area contributed by atoms with Crippen LogP contribution >= 0.6 is 0 Å². The van der Waals surface area contributed by atoms with Crippen LogP contribution in [-0.4, -0.2) is 21.7 Å². The Balaban J connectivity index is 2.15. The Labute approximate surface area is 82.3 Å². The highest BCUT2D eigenvalue weighted by Gasteiger charge is 2.17. The third-order valence-corrected chi connectivity index (χ3v) is 2.18. The van der Waals surface area contributed by atoms with Gasteiger partial charge in [0.05, 0.1) is 24.8 Å². The largest absolute Gasteiger partial charge is 0.501 e. The first kappa shape index (κ1) is 9.15. The third-order valence-electron chi connectivity index (χ3n) is 2.18. The SMILES string of the molecule is OC(C1=COCCC1)c1cnccn1. The Kier molecular flexibility index (Phi) is 2.74. The number of hydrogen-bond donors (Lipinski definition) is 1. The topological polar surface area (TPSA) is 55.2 Å². The van der Waals surface area contributed by atoms with Crippen molar-refractivity contribution in [3.63, 3.8) is 0 Å². The van der Waals surface area contributed by atoms with Gasteiger partial charge in [0.25, 0.3) is 0 Å². The second-order valence-electron chi connectivity index (χ2n) is 3.20. The molecule has 0 saturated carbocycles. The van der Waals surface area contributed by atoms with Gasteiger partial charge < -0.3 is 9.84 Å². The molecule has 0 fully saturated rings. The van der Waals surface area contributed by atoms with E-state index < -0.39 is 6.10 Å². The highest BCUT2D eigenvalue weighted by molar-refractivity contribution is 5.16. The van der Waals surface area contributed by atoms with E-state index in [1.54, 1.807) is 24.9 Å². The Morgan fingerprint density at radius 3 is 3.00 bits per heavy atom. The number of aromatic nitrogens is 2. The molecule has 0 saturated heterocycles. The van der Waals surface area contributed by atoms with Gasteiger partial charge in [-0.15, -0.1) is 0 Å². The Bertz CT molecular complexity index is 324. The van der Waals surface area contributed by atoms with Gasteiger partial charge in [-0.1, -0.05) is 0 Å². The van der Waals surface area contributed by atoms with Crippen molar-refractivity contribution in [3.8, 4) is 0 Å². The number of aliphatic hydroxyl groups is 1. The van der Waals surface area contributed by atoms with Crippen molar-refractivity contribution in [2.24, 2.45) is 0 Å². The summed E-state index contributed by atoms with van der Waals surface area (Å²) < 4.78 is 5.15. The maximum absolute atomic E-state index is 9.89. The molecular formula is C10H12N2O2. The van der Waals surface area contributed by atoms with Crippen molar-refractivity contribution in [1.29, 1.82) is 0 Å². The summed E-state index contributed by atoms with van der Waals surface area (Å²) in [7, 11) is 0. The summed E-state index contributed by atoms with van der Waals surface area (Å²) in [6.07, 6.45) is 7.48. The molecule has 1 atom stereocenters. The zero-order chi connectivity index (χ0) is 9.80. The van der Waals surface area contributed by atoms with Crippen molar-refractivity contribution < 1.29 is 9.84 Å². The van der Waals surface area contributed by atoms with Crippen LogP contribution in [-0.2, 0) is 4.74 Å². The van der Waals surface area contributed by atoms with Gasteiger partial charge in [-0.05, 0) is 18.4 Å². The summed E-state index contributed by atoms with van der Waals surface area (Å²) in [5, 5.41) is 9.89. The fourth-order valence-electron chi connectivity index (χ4n) is 1.43. The number of aliphatic hydroxyl groups excluding tert-OH is 1. The van der Waals surface area contributed by atoms with Crippen molar-refractivity contribution in [2.75, 3.05) is 6.61 Å². The number of rotatable bonds is 2. The molecule has 0 spiro atoms. The second-order valence-corrected chi connectivity index (χ2v) is 3.20. The van der Waals surface area contributed by atoms with Gasteiger partial charge in [0.15, 0.2) is 0 Å². The number of hydrogen-bond acceptors (Lipinski definition) is 4. The van der Waals surface area contributed by atoms with Crippen LogP contribution in [0.3, 0.4) is 0 Å². The van der Waals surface area contributed by atoms with Gasteiger partial charge in [-0.25, -0.2) is 0 Å². The lowest BCUT2D eigenvalue weighted by Crippen LogP contribution is -2.09. The standard InChI is InChI=1S/C10H12N2O2/c13-10(8-2-1-5-14-7-8)9-6-11-3-4-12-9/h3-4,6-7,10,13H,1-2,5H2. The lowest BCUT2D eigenvalue weighted by Gasteiger charge is -2.17. The lowest BCUT2D eigenvalue weighted by atomic mass is 10.0. The van der Waals surface area contributed by atoms with E-state index in [1.807, 2.05) is 0 Å². The minimum atomic E-state index is -0.677. The molecule has 14 heavy (non-hydrogen) atoms. The van der Waals surface area contributed by atoms with E-state index in [0.29, 0.717) is 5.69 Å². The van der Waals surface area contributed by atoms with E-state index in [4.69, 9.17) is 4.74 Å². The highest BCUT2D eigenvalue weighted by atomic mass is 16.5. The predicted octanol–water partition coefficient (Wildman–Crippen LogP) is 1.20. The molecule has 0 aliphatic carbocycles. The molecule has 1 aliphatic rings. The van der Waals surface area contributed by atoms with Crippen LogP contribution in [0, 0.1) is 0 Å². The minimum absolute atomic E-state index is 0.573. The number of ether oxygens (including phenoxy) is 1. The zero-order valence-electron chi connectivity index (χ0n) is 7.76. The molecule has 0 bridgehead atoms. The molecule has 1 N–H and O–H groups in total. The first-order chi connectivity index (χ1) is 6.88. The van der Waals surface area contributed by atoms with Crippen LogP contribution in [0.4, 0.5) is 0 Å². The maximum Gasteiger partial charge on any atom is 0.122 e. The normalized spacial score (nSPS) is 18.2. The third kappa shape index (κ3) is 1.90. The first-order valence-corrected chi connectivity index (χ1v) is 4.62. The molecule has 1 aromatic rings. The average Bonchev–Trinajstić information content (AvgIpc) is 2.30. The van der Waals surface area contributed by atoms with Gasteiger partial charge in [0, 0.05) is 12.4 Å². The van der Waals surface area contributed by atoms with E-state index in [-0.39, 0.29) is 0 Å². The Hall–Kier alpha value is -1.42. The summed E-state index contributed by atoms with van der Waals surface area (Å²) in [6, 6.07) is 0. The second kappa shape index (κ2) is 4.19. The fourth-order valence-corrected chi connectivity index (χ4v) is 1.43. The highest BCUT2D eigenvalue weighted by Crippen LogP contribution is 2.25. The smallest absolute Gasteiger partial charge is 0.122 e. The maximum atomic E-state index is 9.89. The predicted molar refractivity (Wildman–Crippen MR) is 50.3 cm³/mol. The molecule has 2 rings (SSSR count). The fraction of sp³-hybridized carbons (Fsp3) is 0.400. The molecule has 1 aromatic heterocycles. The summed E-state index contributed by atoms with van der Waals surface area (Å²) >= 11 is 0. The van der Waals surface area contributed by atoms with Crippen molar-refractivity contribution in [2.45, 2.75) is 18.9 Å². The molecular weight excluding hydrogens is 180 g/mol. The lowest BCUT2D eigenvalue weighted by molar-refractivity contribution is 0.167. The van der Waals surface area contributed by atoms with E-state index >= 15 is 0 Å². The van der Waals surface area contributed by atoms with Crippen molar-refractivity contribution >= 4 is 0 Å². The number of nitrogens with zero attached hydrogens (tertiary/aromatic N) is 2. The molecule has 0 amide bonds. The quantitative estimate of drug-likeness (QED) is 0.765. The molecule has 1 aliphatic heterocycles. The van der Waals surface area contributed by atoms with Gasteiger partial charge >= 0.3 is 0 Å². The summed E-state index contributed by atoms with van der Waals surface area (Å²) in [6.45, 7) is 0.733. The minimum Gasteiger partial charge on any atom is -0.501 e. The van der Waals surface area contributed by atoms with E-state index in [1.165, 1.54) is 0 Å². The Morgan fingerprint density at radius 2 is 2.36 bits per heavy atom. The Morgan fingerprint density at radius 1 is 1.43 bits per heavy atom. The van der Waals surface area contributed by atoms with Crippen LogP contribution < -0.4 is 0 Å². The van der Waals surface area contributed by atoms with Crippen LogP contribution in [0.5, 0.6) is 0 Å². The van der Waals surface area contributed by atoms with Crippen molar-refractivity contribution in [1.82, 2.24) is 9.97 Å². The molecule has 0 aromatic carbocycles. The van der Waals surface area contributed by atoms with Gasteiger partial charge in [-0.3, -0.25) is 9.97 Å². The van der Waals surface area contributed by atoms with E-state index in [0.717, 1.165) is 25.0 Å². The van der Waals surface area contributed by atoms with Crippen LogP contribution in [0.25, 0.3) is 0 Å². The molecule has 4 heteroatoms. The molecule has 4 nitrogen and oxygen atoms in total. The molecule has 2 heterocycles. The first-order valence-electron chi connectivity index (χ1n) is 4.62. The van der Waals surface area contributed by atoms with Crippen LogP contribution in [0.2, 0.25) is 0 Å². The summed E-state index contributed by atoms with van der Waals surface area (Å²) in [5.41, 5.74) is 1.45. The van der Waals surface area contributed by atoms with E-state index in [2.05, 4.69) is 9.97 Å². The van der Waals surface area contributed by atoms with Gasteiger partial charge in [0.1, 0.15) is 6.10 Å². The van der Waals surface area contributed by atoms with Gasteiger partial charge in [0.2, 0.25) is 0 Å². The molecule has 0 radical (unpaired) electrons. The summed E-state index contributed by atoms with van der Waals surface area (Å²) in [4.78, 5) is 7.96. The van der Waals surface area contributed by atoms with Crippen molar-refractivity contribution in [3.05, 3.63) is 36.1 Å². The van der Waals surface area contributed by atoms with Crippen LogP contribution in [0.15, 0.2) is 30.4 Å². The summed E-state index contributed by atoms with van der Waals surface area (Å²) in [5.74, 6) is 0. The monoisotopic (exact) mass is 192 g/mol. The average molecular weight is 192 g/mol. The van der Waals surface area contributed by atoms with E-state index in [9.17, 15) is 5.11 Å². The zero-order valence-corrected chi connectivity index (χ0v) is 7.76. The molecule has 74 valence electrons. The van der Waals surface area contributed by atoms with Gasteiger partial charge in [-0.2, -0.15) is 0 Å². The van der Waals surface area contributed by atoms with Crippen LogP contribution in [0.1, 0.15) is 24.6 Å². The molecule has 1 unspecified atom stereocenters.